The molecule has 2 aromatic carbocycles. The first-order chi connectivity index (χ1) is 13.7. The van der Waals surface area contributed by atoms with Gasteiger partial charge in [0.25, 0.3) is 5.91 Å². The molecule has 152 valence electrons. The largest absolute Gasteiger partial charge is 0.452 e. The molecule has 10 heteroatoms. The van der Waals surface area contributed by atoms with Gasteiger partial charge >= 0.3 is 5.97 Å². The van der Waals surface area contributed by atoms with E-state index >= 15 is 0 Å². The molecule has 2 N–H and O–H groups in total. The Morgan fingerprint density at radius 2 is 1.86 bits per heavy atom. The topological polar surface area (TPSA) is 84.5 Å². The summed E-state index contributed by atoms with van der Waals surface area (Å²) < 4.78 is 58.3. The number of rotatable bonds is 4. The highest BCUT2D eigenvalue weighted by Gasteiger charge is 2.34. The normalized spacial score (nSPS) is 16.4. The maximum Gasteiger partial charge on any atom is 0.314 e. The number of hydrogen-bond acceptors (Lipinski definition) is 4. The summed E-state index contributed by atoms with van der Waals surface area (Å²) in [7, 11) is 0. The molecule has 6 nitrogen and oxygen atoms in total. The standard InChI is InChI=1S/C19H14F4N2O4/c1-8(18(27)25-13-5-4-12(21)16(22)17(13)23)29-19(28)11-7-15(26)24-14-6-9(20)2-3-10(11)14/h2-6,8,11H,7H2,1H3,(H,24,26)(H,25,27). The highest BCUT2D eigenvalue weighted by Crippen LogP contribution is 2.34. The highest BCUT2D eigenvalue weighted by atomic mass is 19.2. The molecule has 3 rings (SSSR count). The van der Waals surface area contributed by atoms with Gasteiger partial charge in [0.1, 0.15) is 5.82 Å². The molecule has 0 saturated heterocycles. The maximum atomic E-state index is 13.7. The van der Waals surface area contributed by atoms with E-state index in [1.165, 1.54) is 13.0 Å². The number of hydrogen-bond donors (Lipinski definition) is 2. The lowest BCUT2D eigenvalue weighted by Crippen LogP contribution is -2.34. The first-order valence-corrected chi connectivity index (χ1v) is 8.41. The monoisotopic (exact) mass is 410 g/mol. The third-order valence-electron chi connectivity index (χ3n) is 4.29. The van der Waals surface area contributed by atoms with Gasteiger partial charge in [0, 0.05) is 12.1 Å². The fourth-order valence-electron chi connectivity index (χ4n) is 2.81. The van der Waals surface area contributed by atoms with Crippen LogP contribution in [0, 0.1) is 23.3 Å². The molecule has 0 spiro atoms. The zero-order valence-corrected chi connectivity index (χ0v) is 14.9. The van der Waals surface area contributed by atoms with Gasteiger partial charge in [0.2, 0.25) is 5.91 Å². The van der Waals surface area contributed by atoms with Crippen LogP contribution in [0.5, 0.6) is 0 Å². The van der Waals surface area contributed by atoms with Gasteiger partial charge in [-0.15, -0.1) is 0 Å². The van der Waals surface area contributed by atoms with E-state index in [9.17, 15) is 31.9 Å². The molecular formula is C19H14F4N2O4. The fraction of sp³-hybridized carbons (Fsp3) is 0.211. The summed E-state index contributed by atoms with van der Waals surface area (Å²) in [5, 5.41) is 4.43. The highest BCUT2D eigenvalue weighted by molar-refractivity contribution is 6.01. The average Bonchev–Trinajstić information content (AvgIpc) is 2.67. The molecule has 0 aromatic heterocycles. The van der Waals surface area contributed by atoms with E-state index in [1.54, 1.807) is 0 Å². The van der Waals surface area contributed by atoms with E-state index < -0.39 is 58.8 Å². The molecule has 1 aliphatic rings. The molecule has 0 radical (unpaired) electrons. The van der Waals surface area contributed by atoms with Gasteiger partial charge < -0.3 is 15.4 Å². The molecule has 2 aromatic rings. The molecule has 1 aliphatic heterocycles. The Balaban J connectivity index is 1.72. The zero-order valence-electron chi connectivity index (χ0n) is 14.9. The third-order valence-corrected chi connectivity index (χ3v) is 4.29. The minimum atomic E-state index is -1.76. The first-order valence-electron chi connectivity index (χ1n) is 8.41. The number of amides is 2. The van der Waals surface area contributed by atoms with Crippen molar-refractivity contribution in [3.05, 3.63) is 59.2 Å². The van der Waals surface area contributed by atoms with Crippen LogP contribution in [-0.2, 0) is 19.1 Å². The predicted molar refractivity (Wildman–Crippen MR) is 92.9 cm³/mol. The minimum Gasteiger partial charge on any atom is -0.452 e. The molecular weight excluding hydrogens is 396 g/mol. The van der Waals surface area contributed by atoms with Crippen LogP contribution in [-0.4, -0.2) is 23.9 Å². The Morgan fingerprint density at radius 1 is 1.14 bits per heavy atom. The van der Waals surface area contributed by atoms with Gasteiger partial charge in [0.15, 0.2) is 23.6 Å². The van der Waals surface area contributed by atoms with E-state index in [4.69, 9.17) is 4.74 Å². The number of carbonyl (C=O) groups excluding carboxylic acids is 3. The lowest BCUT2D eigenvalue weighted by Gasteiger charge is -2.25. The average molecular weight is 410 g/mol. The second-order valence-corrected chi connectivity index (χ2v) is 6.33. The minimum absolute atomic E-state index is 0.115. The number of esters is 1. The summed E-state index contributed by atoms with van der Waals surface area (Å²) in [6.07, 6.45) is -1.72. The summed E-state index contributed by atoms with van der Waals surface area (Å²) in [6.45, 7) is 1.18. The number of halogens is 4. The number of benzene rings is 2. The lowest BCUT2D eigenvalue weighted by atomic mass is 9.90. The molecule has 2 unspecified atom stereocenters. The Morgan fingerprint density at radius 3 is 2.59 bits per heavy atom. The van der Waals surface area contributed by atoms with Gasteiger partial charge in [-0.2, -0.15) is 0 Å². The fourth-order valence-corrected chi connectivity index (χ4v) is 2.81. The van der Waals surface area contributed by atoms with Gasteiger partial charge in [-0.3, -0.25) is 14.4 Å². The zero-order chi connectivity index (χ0) is 21.3. The van der Waals surface area contributed by atoms with Crippen LogP contribution in [0.2, 0.25) is 0 Å². The quantitative estimate of drug-likeness (QED) is 0.461. The van der Waals surface area contributed by atoms with E-state index in [0.717, 1.165) is 18.2 Å². The van der Waals surface area contributed by atoms with Crippen molar-refractivity contribution >= 4 is 29.2 Å². The first kappa shape index (κ1) is 20.3. The van der Waals surface area contributed by atoms with E-state index in [1.807, 2.05) is 5.32 Å². The van der Waals surface area contributed by atoms with Crippen molar-refractivity contribution in [1.29, 1.82) is 0 Å². The van der Waals surface area contributed by atoms with Gasteiger partial charge in [-0.05, 0) is 36.8 Å². The molecule has 0 bridgehead atoms. The van der Waals surface area contributed by atoms with Crippen molar-refractivity contribution in [1.82, 2.24) is 0 Å². The van der Waals surface area contributed by atoms with E-state index in [0.29, 0.717) is 11.6 Å². The summed E-state index contributed by atoms with van der Waals surface area (Å²) in [4.78, 5) is 36.4. The Kier molecular flexibility index (Phi) is 5.53. The molecule has 0 fully saturated rings. The number of carbonyl (C=O) groups is 3. The van der Waals surface area contributed by atoms with Crippen LogP contribution in [0.4, 0.5) is 28.9 Å². The second kappa shape index (κ2) is 7.90. The maximum absolute atomic E-state index is 13.7. The molecule has 0 saturated carbocycles. The number of ether oxygens (including phenoxy) is 1. The van der Waals surface area contributed by atoms with Crippen LogP contribution in [0.1, 0.15) is 24.8 Å². The predicted octanol–water partition coefficient (Wildman–Crippen LogP) is 3.24. The summed E-state index contributed by atoms with van der Waals surface area (Å²) >= 11 is 0. The van der Waals surface area contributed by atoms with Gasteiger partial charge in [-0.1, -0.05) is 6.07 Å². The van der Waals surface area contributed by atoms with Gasteiger partial charge in [-0.25, -0.2) is 17.6 Å². The number of fused-ring (bicyclic) bond motifs is 1. The van der Waals surface area contributed by atoms with E-state index in [2.05, 4.69) is 5.32 Å². The van der Waals surface area contributed by atoms with Crippen LogP contribution >= 0.6 is 0 Å². The van der Waals surface area contributed by atoms with Crippen molar-refractivity contribution in [2.24, 2.45) is 0 Å². The molecule has 1 heterocycles. The van der Waals surface area contributed by atoms with Crippen LogP contribution in [0.25, 0.3) is 0 Å². The lowest BCUT2D eigenvalue weighted by molar-refractivity contribution is -0.155. The summed E-state index contributed by atoms with van der Waals surface area (Å²) in [5.41, 5.74) is -0.200. The molecule has 29 heavy (non-hydrogen) atoms. The van der Waals surface area contributed by atoms with Crippen molar-refractivity contribution in [3.8, 4) is 0 Å². The molecule has 2 amide bonds. The number of anilines is 2. The van der Waals surface area contributed by atoms with Crippen LogP contribution < -0.4 is 10.6 Å². The summed E-state index contributed by atoms with van der Waals surface area (Å²) in [6, 6.07) is 4.92. The van der Waals surface area contributed by atoms with Gasteiger partial charge in [0.05, 0.1) is 11.6 Å². The van der Waals surface area contributed by atoms with Crippen molar-refractivity contribution in [2.75, 3.05) is 10.6 Å². The summed E-state index contributed by atoms with van der Waals surface area (Å²) in [5.74, 6) is -8.93. The second-order valence-electron chi connectivity index (χ2n) is 6.33. The van der Waals surface area contributed by atoms with Crippen LogP contribution in [0.3, 0.4) is 0 Å². The van der Waals surface area contributed by atoms with Crippen molar-refractivity contribution in [3.63, 3.8) is 0 Å². The van der Waals surface area contributed by atoms with Crippen molar-refractivity contribution < 1.29 is 36.7 Å². The van der Waals surface area contributed by atoms with E-state index in [-0.39, 0.29) is 12.1 Å². The smallest absolute Gasteiger partial charge is 0.314 e. The molecule has 2 atom stereocenters. The van der Waals surface area contributed by atoms with Crippen molar-refractivity contribution in [2.45, 2.75) is 25.4 Å². The SMILES string of the molecule is CC(OC(=O)C1CC(=O)Nc2cc(F)ccc21)C(=O)Nc1ccc(F)c(F)c1F. The molecule has 0 aliphatic carbocycles. The third kappa shape index (κ3) is 4.20. The Hall–Kier alpha value is -3.43. The van der Waals surface area contributed by atoms with Crippen LogP contribution in [0.15, 0.2) is 30.3 Å². The Labute approximate surface area is 161 Å². The number of nitrogens with one attached hydrogen (secondary N) is 2. The Bertz CT molecular complexity index is 1010.